The summed E-state index contributed by atoms with van der Waals surface area (Å²) in [5.41, 5.74) is 2.43. The first-order valence-electron chi connectivity index (χ1n) is 5.63. The Morgan fingerprint density at radius 2 is 1.73 bits per heavy atom. The van der Waals surface area contributed by atoms with Crippen LogP contribution in [0.1, 0.15) is 37.3 Å². The van der Waals surface area contributed by atoms with Gasteiger partial charge in [-0.2, -0.15) is 0 Å². The topological polar surface area (TPSA) is 20.2 Å². The number of rotatable bonds is 5. The molecule has 1 N–H and O–H groups in total. The molecule has 0 bridgehead atoms. The third-order valence-corrected chi connectivity index (χ3v) is 4.07. The lowest BCUT2D eigenvalue weighted by Crippen LogP contribution is -1.96. The van der Waals surface area contributed by atoms with E-state index in [2.05, 4.69) is 20.8 Å². The molecule has 0 atom stereocenters. The van der Waals surface area contributed by atoms with Crippen molar-refractivity contribution in [2.24, 2.45) is 0 Å². The average Bonchev–Trinajstić information content (AvgIpc) is 2.15. The Kier molecular flexibility index (Phi) is 5.03. The molecule has 84 valence electrons. The maximum absolute atomic E-state index is 9.42. The van der Waals surface area contributed by atoms with Crippen molar-refractivity contribution in [1.29, 1.82) is 0 Å². The minimum atomic E-state index is 0.387. The van der Waals surface area contributed by atoms with E-state index in [4.69, 9.17) is 0 Å². The summed E-state index contributed by atoms with van der Waals surface area (Å²) < 4.78 is 0. The van der Waals surface area contributed by atoms with Crippen LogP contribution in [0.4, 0.5) is 0 Å². The van der Waals surface area contributed by atoms with Gasteiger partial charge in [-0.15, -0.1) is 0 Å². The molecule has 15 heavy (non-hydrogen) atoms. The van der Waals surface area contributed by atoms with E-state index in [0.717, 1.165) is 0 Å². The number of aryl methyl sites for hydroxylation is 2. The number of phenolic OH excluding ortho intramolecular Hbond substituents is 1. The van der Waals surface area contributed by atoms with Crippen LogP contribution < -0.4 is 0 Å². The number of benzene rings is 1. The molecule has 0 aliphatic heterocycles. The molecule has 2 heteroatoms. The quantitative estimate of drug-likeness (QED) is 0.463. The van der Waals surface area contributed by atoms with Gasteiger partial charge in [0.1, 0.15) is 11.5 Å². The lowest BCUT2D eigenvalue weighted by Gasteiger charge is -2.03. The summed E-state index contributed by atoms with van der Waals surface area (Å²) >= 11 is 1.40. The summed E-state index contributed by atoms with van der Waals surface area (Å²) in [4.78, 5) is 1.39. The average molecular weight is 225 g/mol. The first-order chi connectivity index (χ1) is 7.15. The highest BCUT2D eigenvalue weighted by Crippen LogP contribution is 2.22. The van der Waals surface area contributed by atoms with Gasteiger partial charge in [0.15, 0.2) is 4.90 Å². The highest BCUT2D eigenvalue weighted by molar-refractivity contribution is 7.78. The lowest BCUT2D eigenvalue weighted by atomic mass is 10.1. The van der Waals surface area contributed by atoms with Crippen LogP contribution >= 0.6 is 0 Å². The summed E-state index contributed by atoms with van der Waals surface area (Å²) in [6.07, 6.45) is 3.91. The van der Waals surface area contributed by atoms with Gasteiger partial charge in [0, 0.05) is 22.9 Å². The van der Waals surface area contributed by atoms with Gasteiger partial charge in [0.25, 0.3) is 0 Å². The Bertz CT molecular complexity index is 297. The molecule has 0 aliphatic rings. The molecule has 0 unspecified atom stereocenters. The molecule has 1 aromatic carbocycles. The van der Waals surface area contributed by atoms with Crippen molar-refractivity contribution in [2.75, 3.05) is 5.75 Å². The first-order valence-corrected chi connectivity index (χ1v) is 6.70. The molecule has 0 saturated carbocycles. The largest absolute Gasteiger partial charge is 0.508 e. The van der Waals surface area contributed by atoms with E-state index in [9.17, 15) is 5.11 Å². The fourth-order valence-electron chi connectivity index (χ4n) is 1.74. The molecular formula is C13H21OS+. The Morgan fingerprint density at radius 1 is 1.13 bits per heavy atom. The number of thiol groups is 1. The smallest absolute Gasteiger partial charge is 0.158 e. The van der Waals surface area contributed by atoms with Gasteiger partial charge in [-0.25, -0.2) is 0 Å². The Balaban J connectivity index is 2.60. The molecule has 0 fully saturated rings. The maximum Gasteiger partial charge on any atom is 0.158 e. The molecule has 0 amide bonds. The van der Waals surface area contributed by atoms with E-state index in [1.165, 1.54) is 52.8 Å². The zero-order chi connectivity index (χ0) is 11.3. The van der Waals surface area contributed by atoms with Crippen LogP contribution in [0.2, 0.25) is 0 Å². The van der Waals surface area contributed by atoms with Crippen molar-refractivity contribution in [1.82, 2.24) is 0 Å². The second kappa shape index (κ2) is 6.06. The Hall–Kier alpha value is -0.630. The van der Waals surface area contributed by atoms with Gasteiger partial charge in [0.2, 0.25) is 0 Å². The van der Waals surface area contributed by atoms with Gasteiger partial charge in [0.05, 0.1) is 0 Å². The Morgan fingerprint density at radius 3 is 2.27 bits per heavy atom. The molecular weight excluding hydrogens is 204 g/mol. The molecule has 1 nitrogen and oxygen atoms in total. The third-order valence-electron chi connectivity index (χ3n) is 2.51. The van der Waals surface area contributed by atoms with Crippen molar-refractivity contribution < 1.29 is 5.11 Å². The number of hydrogen-bond donors (Lipinski definition) is 1. The standard InChI is InChI=1S/C13H20OS/c1-4-5-6-7-15-13-10(2)8-12(14)9-11(13)3/h8-9,14H,4-7H2,1-3H3/p+1. The SMILES string of the molecule is CCCCC[SH+]c1c(C)cc(O)cc1C. The number of phenols is 1. The molecule has 1 aromatic rings. The van der Waals surface area contributed by atoms with E-state index in [-0.39, 0.29) is 0 Å². The van der Waals surface area contributed by atoms with Crippen molar-refractivity contribution in [3.05, 3.63) is 23.3 Å². The number of unbranched alkanes of at least 4 members (excludes halogenated alkanes) is 2. The van der Waals surface area contributed by atoms with Crippen LogP contribution in [0.15, 0.2) is 17.0 Å². The normalized spacial score (nSPS) is 10.6. The van der Waals surface area contributed by atoms with Crippen molar-refractivity contribution in [2.45, 2.75) is 44.9 Å². The predicted molar refractivity (Wildman–Crippen MR) is 69.0 cm³/mol. The van der Waals surface area contributed by atoms with Crippen LogP contribution in [0.3, 0.4) is 0 Å². The lowest BCUT2D eigenvalue weighted by molar-refractivity contribution is 0.473. The summed E-state index contributed by atoms with van der Waals surface area (Å²) in [7, 11) is 0. The molecule has 0 spiro atoms. The molecule has 0 radical (unpaired) electrons. The van der Waals surface area contributed by atoms with Gasteiger partial charge >= 0.3 is 0 Å². The minimum absolute atomic E-state index is 0.387. The highest BCUT2D eigenvalue weighted by Gasteiger charge is 2.11. The van der Waals surface area contributed by atoms with E-state index in [1.807, 2.05) is 12.1 Å². The molecule has 0 aliphatic carbocycles. The summed E-state index contributed by atoms with van der Waals surface area (Å²) in [6, 6.07) is 3.71. The highest BCUT2D eigenvalue weighted by atomic mass is 32.2. The van der Waals surface area contributed by atoms with Crippen LogP contribution in [0.25, 0.3) is 0 Å². The first kappa shape index (κ1) is 12.4. The Labute approximate surface area is 96.9 Å². The molecule has 0 heterocycles. The summed E-state index contributed by atoms with van der Waals surface area (Å²) in [5, 5.41) is 9.42. The maximum atomic E-state index is 9.42. The van der Waals surface area contributed by atoms with E-state index >= 15 is 0 Å². The van der Waals surface area contributed by atoms with Crippen molar-refractivity contribution in [3.63, 3.8) is 0 Å². The van der Waals surface area contributed by atoms with E-state index in [0.29, 0.717) is 5.75 Å². The molecule has 0 aromatic heterocycles. The third kappa shape index (κ3) is 3.78. The molecule has 1 rings (SSSR count). The fourth-order valence-corrected chi connectivity index (χ4v) is 2.97. The van der Waals surface area contributed by atoms with Crippen LogP contribution in [-0.2, 0) is 11.8 Å². The molecule has 0 saturated heterocycles. The van der Waals surface area contributed by atoms with E-state index < -0.39 is 0 Å². The van der Waals surface area contributed by atoms with Gasteiger partial charge in [-0.3, -0.25) is 0 Å². The van der Waals surface area contributed by atoms with E-state index in [1.54, 1.807) is 0 Å². The van der Waals surface area contributed by atoms with Crippen molar-refractivity contribution in [3.8, 4) is 5.75 Å². The fraction of sp³-hybridized carbons (Fsp3) is 0.538. The monoisotopic (exact) mass is 225 g/mol. The number of hydrogen-bond acceptors (Lipinski definition) is 1. The van der Waals surface area contributed by atoms with Crippen LogP contribution in [0.5, 0.6) is 5.75 Å². The van der Waals surface area contributed by atoms with Gasteiger partial charge in [-0.1, -0.05) is 13.3 Å². The van der Waals surface area contributed by atoms with Gasteiger partial charge in [-0.05, 0) is 38.8 Å². The second-order valence-electron chi connectivity index (χ2n) is 4.02. The number of aromatic hydroxyl groups is 1. The zero-order valence-corrected chi connectivity index (χ0v) is 10.8. The minimum Gasteiger partial charge on any atom is -0.508 e. The second-order valence-corrected chi connectivity index (χ2v) is 5.23. The van der Waals surface area contributed by atoms with Gasteiger partial charge < -0.3 is 5.11 Å². The predicted octanol–water partition coefficient (Wildman–Crippen LogP) is 3.37. The summed E-state index contributed by atoms with van der Waals surface area (Å²) in [5.74, 6) is 1.62. The van der Waals surface area contributed by atoms with Crippen LogP contribution in [0, 0.1) is 13.8 Å². The van der Waals surface area contributed by atoms with Crippen LogP contribution in [-0.4, -0.2) is 10.9 Å². The zero-order valence-electron chi connectivity index (χ0n) is 9.88. The van der Waals surface area contributed by atoms with Crippen molar-refractivity contribution >= 4 is 11.8 Å². The summed E-state index contributed by atoms with van der Waals surface area (Å²) in [6.45, 7) is 6.39.